The number of nitrogens with zero attached hydrogens (tertiary/aromatic N) is 1. The Kier molecular flexibility index (Phi) is 3.03. The zero-order chi connectivity index (χ0) is 10.7. The van der Waals surface area contributed by atoms with Crippen molar-refractivity contribution in [2.75, 3.05) is 12.8 Å². The lowest BCUT2D eigenvalue weighted by Gasteiger charge is -2.10. The molecule has 3 N–H and O–H groups in total. The van der Waals surface area contributed by atoms with E-state index in [-0.39, 0.29) is 17.4 Å². The molecule has 5 nitrogen and oxygen atoms in total. The number of hydrogen-bond acceptors (Lipinski definition) is 4. The number of nitrogen functional groups attached to an aromatic ring is 1. The third kappa shape index (κ3) is 2.00. The summed E-state index contributed by atoms with van der Waals surface area (Å²) in [6.07, 6.45) is 0. The Labute approximate surface area is 82.1 Å². The van der Waals surface area contributed by atoms with E-state index in [2.05, 4.69) is 5.32 Å². The molecular formula is C9H13N3O2. The fourth-order valence-electron chi connectivity index (χ4n) is 1.15. The molecule has 0 aliphatic carbocycles. The van der Waals surface area contributed by atoms with E-state index in [0.717, 1.165) is 5.56 Å². The first-order valence-corrected chi connectivity index (χ1v) is 4.27. The van der Waals surface area contributed by atoms with Crippen LogP contribution in [0.25, 0.3) is 0 Å². The minimum atomic E-state index is -0.471. The predicted molar refractivity (Wildman–Crippen MR) is 55.0 cm³/mol. The molecule has 0 amide bonds. The third-order valence-electron chi connectivity index (χ3n) is 2.18. The molecule has 1 unspecified atom stereocenters. The van der Waals surface area contributed by atoms with Crippen LogP contribution in [0.4, 0.5) is 11.4 Å². The summed E-state index contributed by atoms with van der Waals surface area (Å²) >= 11 is 0. The first-order chi connectivity index (χ1) is 6.56. The molecule has 0 fully saturated rings. The first kappa shape index (κ1) is 10.5. The Morgan fingerprint density at radius 1 is 1.57 bits per heavy atom. The SMILES string of the molecule is CNC(C)c1ccc(N)c([N+](=O)[O-])c1. The van der Waals surface area contributed by atoms with Gasteiger partial charge >= 0.3 is 0 Å². The van der Waals surface area contributed by atoms with Crippen LogP contribution in [0.2, 0.25) is 0 Å². The summed E-state index contributed by atoms with van der Waals surface area (Å²) in [5.74, 6) is 0. The number of nitro groups is 1. The topological polar surface area (TPSA) is 81.2 Å². The van der Waals surface area contributed by atoms with Gasteiger partial charge < -0.3 is 11.1 Å². The molecule has 1 rings (SSSR count). The summed E-state index contributed by atoms with van der Waals surface area (Å²) < 4.78 is 0. The van der Waals surface area contributed by atoms with Crippen molar-refractivity contribution in [2.24, 2.45) is 0 Å². The van der Waals surface area contributed by atoms with Gasteiger partial charge in [0.05, 0.1) is 4.92 Å². The van der Waals surface area contributed by atoms with E-state index in [1.54, 1.807) is 19.2 Å². The van der Waals surface area contributed by atoms with E-state index in [1.807, 2.05) is 6.92 Å². The number of rotatable bonds is 3. The summed E-state index contributed by atoms with van der Waals surface area (Å²) in [7, 11) is 1.80. The van der Waals surface area contributed by atoms with Gasteiger partial charge in [-0.3, -0.25) is 10.1 Å². The molecule has 0 saturated heterocycles. The number of anilines is 1. The van der Waals surface area contributed by atoms with Crippen LogP contribution in [0.1, 0.15) is 18.5 Å². The molecule has 1 atom stereocenters. The highest BCUT2D eigenvalue weighted by molar-refractivity contribution is 5.59. The third-order valence-corrected chi connectivity index (χ3v) is 2.18. The highest BCUT2D eigenvalue weighted by Gasteiger charge is 2.13. The zero-order valence-electron chi connectivity index (χ0n) is 8.15. The first-order valence-electron chi connectivity index (χ1n) is 4.27. The average molecular weight is 195 g/mol. The summed E-state index contributed by atoms with van der Waals surface area (Å²) in [4.78, 5) is 10.1. The maximum Gasteiger partial charge on any atom is 0.292 e. The van der Waals surface area contributed by atoms with Gasteiger partial charge in [-0.15, -0.1) is 0 Å². The molecule has 5 heteroatoms. The standard InChI is InChI=1S/C9H13N3O2/c1-6(11-2)7-3-4-8(10)9(5-7)12(13)14/h3-6,11H,10H2,1-2H3. The highest BCUT2D eigenvalue weighted by Crippen LogP contribution is 2.25. The molecule has 1 aromatic carbocycles. The average Bonchev–Trinajstić information content (AvgIpc) is 2.17. The van der Waals surface area contributed by atoms with Gasteiger partial charge in [0.15, 0.2) is 0 Å². The molecule has 0 aliphatic heterocycles. The van der Waals surface area contributed by atoms with Crippen molar-refractivity contribution in [2.45, 2.75) is 13.0 Å². The normalized spacial score (nSPS) is 12.4. The minimum absolute atomic E-state index is 0.0374. The van der Waals surface area contributed by atoms with Crippen LogP contribution in [-0.4, -0.2) is 12.0 Å². The minimum Gasteiger partial charge on any atom is -0.393 e. The summed E-state index contributed by atoms with van der Waals surface area (Å²) in [6, 6.07) is 4.91. The van der Waals surface area contributed by atoms with Gasteiger partial charge in [-0.05, 0) is 25.6 Å². The lowest BCUT2D eigenvalue weighted by molar-refractivity contribution is -0.384. The monoisotopic (exact) mass is 195 g/mol. The van der Waals surface area contributed by atoms with E-state index < -0.39 is 4.92 Å². The lowest BCUT2D eigenvalue weighted by atomic mass is 10.1. The number of hydrogen-bond donors (Lipinski definition) is 2. The van der Waals surface area contributed by atoms with Gasteiger partial charge in [0, 0.05) is 12.1 Å². The van der Waals surface area contributed by atoms with Crippen molar-refractivity contribution in [3.63, 3.8) is 0 Å². The molecule has 0 saturated carbocycles. The van der Waals surface area contributed by atoms with Crippen molar-refractivity contribution in [3.8, 4) is 0 Å². The van der Waals surface area contributed by atoms with Crippen molar-refractivity contribution in [1.82, 2.24) is 5.32 Å². The van der Waals surface area contributed by atoms with E-state index in [9.17, 15) is 10.1 Å². The maximum absolute atomic E-state index is 10.6. The number of nitrogens with one attached hydrogen (secondary N) is 1. The van der Waals surface area contributed by atoms with Gasteiger partial charge in [0.1, 0.15) is 5.69 Å². The Balaban J connectivity index is 3.12. The smallest absolute Gasteiger partial charge is 0.292 e. The van der Waals surface area contributed by atoms with E-state index >= 15 is 0 Å². The summed E-state index contributed by atoms with van der Waals surface area (Å²) in [6.45, 7) is 1.93. The molecule has 0 radical (unpaired) electrons. The largest absolute Gasteiger partial charge is 0.393 e. The molecule has 0 bridgehead atoms. The summed E-state index contributed by atoms with van der Waals surface area (Å²) in [5, 5.41) is 13.6. The van der Waals surface area contributed by atoms with Crippen molar-refractivity contribution < 1.29 is 4.92 Å². The van der Waals surface area contributed by atoms with Gasteiger partial charge in [-0.1, -0.05) is 6.07 Å². The molecule has 0 aliphatic rings. The quantitative estimate of drug-likeness (QED) is 0.434. The maximum atomic E-state index is 10.6. The fourth-order valence-corrected chi connectivity index (χ4v) is 1.15. The molecule has 1 aromatic rings. The molecule has 76 valence electrons. The molecule has 0 aromatic heterocycles. The predicted octanol–water partition coefficient (Wildman–Crippen LogP) is 1.46. The van der Waals surface area contributed by atoms with Crippen molar-refractivity contribution >= 4 is 11.4 Å². The van der Waals surface area contributed by atoms with E-state index in [1.165, 1.54) is 6.07 Å². The zero-order valence-corrected chi connectivity index (χ0v) is 8.15. The van der Waals surface area contributed by atoms with Crippen LogP contribution in [0.3, 0.4) is 0 Å². The van der Waals surface area contributed by atoms with E-state index in [4.69, 9.17) is 5.73 Å². The van der Waals surface area contributed by atoms with Crippen LogP contribution in [-0.2, 0) is 0 Å². The second-order valence-electron chi connectivity index (χ2n) is 3.09. The Hall–Kier alpha value is -1.62. The van der Waals surface area contributed by atoms with Crippen LogP contribution in [0, 0.1) is 10.1 Å². The second kappa shape index (κ2) is 4.06. The van der Waals surface area contributed by atoms with E-state index in [0.29, 0.717) is 0 Å². The Bertz CT molecular complexity index is 352. The summed E-state index contributed by atoms with van der Waals surface area (Å²) in [5.41, 5.74) is 6.48. The molecular weight excluding hydrogens is 182 g/mol. The van der Waals surface area contributed by atoms with Crippen molar-refractivity contribution in [3.05, 3.63) is 33.9 Å². The Morgan fingerprint density at radius 2 is 2.21 bits per heavy atom. The number of nitro benzene ring substituents is 1. The van der Waals surface area contributed by atoms with Gasteiger partial charge in [-0.25, -0.2) is 0 Å². The number of benzene rings is 1. The van der Waals surface area contributed by atoms with Crippen LogP contribution in [0.5, 0.6) is 0 Å². The van der Waals surface area contributed by atoms with Gasteiger partial charge in [0.2, 0.25) is 0 Å². The Morgan fingerprint density at radius 3 is 2.71 bits per heavy atom. The van der Waals surface area contributed by atoms with Crippen molar-refractivity contribution in [1.29, 1.82) is 0 Å². The van der Waals surface area contributed by atoms with Crippen LogP contribution in [0.15, 0.2) is 18.2 Å². The van der Waals surface area contributed by atoms with Crippen LogP contribution < -0.4 is 11.1 Å². The van der Waals surface area contributed by atoms with Crippen LogP contribution >= 0.6 is 0 Å². The molecule has 0 spiro atoms. The fraction of sp³-hybridized carbons (Fsp3) is 0.333. The number of nitrogens with two attached hydrogens (primary N) is 1. The lowest BCUT2D eigenvalue weighted by Crippen LogP contribution is -2.12. The van der Waals surface area contributed by atoms with Gasteiger partial charge in [-0.2, -0.15) is 0 Å². The van der Waals surface area contributed by atoms with Gasteiger partial charge in [0.25, 0.3) is 5.69 Å². The molecule has 0 heterocycles. The highest BCUT2D eigenvalue weighted by atomic mass is 16.6. The second-order valence-corrected chi connectivity index (χ2v) is 3.09. The molecule has 14 heavy (non-hydrogen) atoms.